The standard InChI is InChI=1S/C6H12O5/c1-2(7)5-3(8)4(9)6(10)11-5/h2-10H,1H3/t2-,3+,4+,5+,6-/m1/s1. The first-order valence-corrected chi connectivity index (χ1v) is 3.41. The molecule has 0 saturated carbocycles. The molecule has 1 aliphatic heterocycles. The van der Waals surface area contributed by atoms with Crippen LogP contribution in [-0.2, 0) is 4.74 Å². The van der Waals surface area contributed by atoms with Gasteiger partial charge in [0, 0.05) is 0 Å². The normalized spacial score (nSPS) is 47.7. The molecule has 1 saturated heterocycles. The lowest BCUT2D eigenvalue weighted by atomic mass is 10.1. The van der Waals surface area contributed by atoms with Gasteiger partial charge in [-0.3, -0.25) is 0 Å². The van der Waals surface area contributed by atoms with E-state index in [-0.39, 0.29) is 0 Å². The Morgan fingerprint density at radius 1 is 1.18 bits per heavy atom. The molecule has 1 heterocycles. The molecule has 0 aromatic heterocycles. The molecule has 0 aliphatic carbocycles. The molecule has 11 heavy (non-hydrogen) atoms. The lowest BCUT2D eigenvalue weighted by Gasteiger charge is -2.16. The first-order valence-electron chi connectivity index (χ1n) is 3.41. The number of ether oxygens (including phenoxy) is 1. The molecule has 5 heteroatoms. The number of aliphatic hydroxyl groups is 4. The summed E-state index contributed by atoms with van der Waals surface area (Å²) < 4.78 is 4.65. The van der Waals surface area contributed by atoms with Gasteiger partial charge in [-0.15, -0.1) is 0 Å². The summed E-state index contributed by atoms with van der Waals surface area (Å²) in [6.07, 6.45) is -5.75. The lowest BCUT2D eigenvalue weighted by molar-refractivity contribution is -0.143. The van der Waals surface area contributed by atoms with Gasteiger partial charge >= 0.3 is 0 Å². The quantitative estimate of drug-likeness (QED) is 0.353. The van der Waals surface area contributed by atoms with Gasteiger partial charge < -0.3 is 25.2 Å². The van der Waals surface area contributed by atoms with E-state index in [1.54, 1.807) is 0 Å². The summed E-state index contributed by atoms with van der Waals surface area (Å²) in [6, 6.07) is 0. The largest absolute Gasteiger partial charge is 0.391 e. The van der Waals surface area contributed by atoms with Gasteiger partial charge in [-0.25, -0.2) is 0 Å². The molecular weight excluding hydrogens is 152 g/mol. The van der Waals surface area contributed by atoms with Gasteiger partial charge in [0.25, 0.3) is 0 Å². The second kappa shape index (κ2) is 3.04. The highest BCUT2D eigenvalue weighted by atomic mass is 16.6. The van der Waals surface area contributed by atoms with Crippen molar-refractivity contribution in [1.29, 1.82) is 0 Å². The second-order valence-electron chi connectivity index (χ2n) is 2.71. The van der Waals surface area contributed by atoms with Crippen LogP contribution in [0.4, 0.5) is 0 Å². The highest BCUT2D eigenvalue weighted by Crippen LogP contribution is 2.21. The maximum atomic E-state index is 9.10. The average molecular weight is 164 g/mol. The molecule has 1 fully saturated rings. The maximum absolute atomic E-state index is 9.10. The first kappa shape index (κ1) is 8.89. The van der Waals surface area contributed by atoms with Gasteiger partial charge in [-0.05, 0) is 6.92 Å². The van der Waals surface area contributed by atoms with E-state index in [2.05, 4.69) is 4.74 Å². The Morgan fingerprint density at radius 2 is 1.73 bits per heavy atom. The molecule has 0 bridgehead atoms. The number of rotatable bonds is 1. The Bertz CT molecular complexity index is 137. The summed E-state index contributed by atoms with van der Waals surface area (Å²) in [5.41, 5.74) is 0. The van der Waals surface area contributed by atoms with E-state index in [0.29, 0.717) is 0 Å². The van der Waals surface area contributed by atoms with Crippen LogP contribution in [0.2, 0.25) is 0 Å². The third-order valence-corrected chi connectivity index (χ3v) is 1.75. The fourth-order valence-electron chi connectivity index (χ4n) is 1.08. The van der Waals surface area contributed by atoms with Crippen molar-refractivity contribution in [3.63, 3.8) is 0 Å². The van der Waals surface area contributed by atoms with E-state index < -0.39 is 30.7 Å². The topological polar surface area (TPSA) is 90.2 Å². The van der Waals surface area contributed by atoms with Crippen molar-refractivity contribution in [3.8, 4) is 0 Å². The summed E-state index contributed by atoms with van der Waals surface area (Å²) in [5, 5.41) is 35.8. The van der Waals surface area contributed by atoms with Crippen LogP contribution in [0.25, 0.3) is 0 Å². The Labute approximate surface area is 63.8 Å². The Hall–Kier alpha value is -0.200. The van der Waals surface area contributed by atoms with E-state index >= 15 is 0 Å². The van der Waals surface area contributed by atoms with Gasteiger partial charge in [-0.1, -0.05) is 0 Å². The smallest absolute Gasteiger partial charge is 0.184 e. The van der Waals surface area contributed by atoms with Crippen LogP contribution in [0, 0.1) is 0 Å². The van der Waals surface area contributed by atoms with E-state index in [9.17, 15) is 0 Å². The third-order valence-electron chi connectivity index (χ3n) is 1.75. The molecule has 1 aliphatic rings. The summed E-state index contributed by atoms with van der Waals surface area (Å²) in [7, 11) is 0. The zero-order valence-electron chi connectivity index (χ0n) is 6.08. The Balaban J connectivity index is 2.59. The lowest BCUT2D eigenvalue weighted by Crippen LogP contribution is -2.37. The fraction of sp³-hybridized carbons (Fsp3) is 1.00. The number of hydrogen-bond donors (Lipinski definition) is 4. The number of aliphatic hydroxyl groups excluding tert-OH is 4. The average Bonchev–Trinajstić information content (AvgIpc) is 2.17. The van der Waals surface area contributed by atoms with Crippen molar-refractivity contribution in [2.75, 3.05) is 0 Å². The van der Waals surface area contributed by atoms with Crippen molar-refractivity contribution in [2.45, 2.75) is 37.6 Å². The summed E-state index contributed by atoms with van der Waals surface area (Å²) in [4.78, 5) is 0. The summed E-state index contributed by atoms with van der Waals surface area (Å²) >= 11 is 0. The van der Waals surface area contributed by atoms with Crippen LogP contribution in [0.3, 0.4) is 0 Å². The summed E-state index contributed by atoms with van der Waals surface area (Å²) in [5.74, 6) is 0. The zero-order valence-corrected chi connectivity index (χ0v) is 6.08. The molecule has 4 N–H and O–H groups in total. The van der Waals surface area contributed by atoms with E-state index in [1.165, 1.54) is 6.92 Å². The van der Waals surface area contributed by atoms with Crippen LogP contribution < -0.4 is 0 Å². The monoisotopic (exact) mass is 164 g/mol. The SMILES string of the molecule is C[C@@H](O)[C@@H]1O[C@@H](O)[C@@H](O)[C@@H]1O. The minimum Gasteiger partial charge on any atom is -0.391 e. The van der Waals surface area contributed by atoms with E-state index in [0.717, 1.165) is 0 Å². The van der Waals surface area contributed by atoms with Crippen molar-refractivity contribution in [1.82, 2.24) is 0 Å². The predicted octanol–water partition coefficient (Wildman–Crippen LogP) is -2.19. The van der Waals surface area contributed by atoms with Crippen LogP contribution >= 0.6 is 0 Å². The van der Waals surface area contributed by atoms with Gasteiger partial charge in [0.15, 0.2) is 6.29 Å². The molecule has 5 atom stereocenters. The number of hydrogen-bond acceptors (Lipinski definition) is 5. The first-order chi connectivity index (χ1) is 5.04. The molecule has 1 rings (SSSR count). The molecule has 0 aromatic rings. The van der Waals surface area contributed by atoms with E-state index in [1.807, 2.05) is 0 Å². The van der Waals surface area contributed by atoms with Gasteiger partial charge in [-0.2, -0.15) is 0 Å². The maximum Gasteiger partial charge on any atom is 0.184 e. The second-order valence-corrected chi connectivity index (χ2v) is 2.71. The molecule has 0 spiro atoms. The van der Waals surface area contributed by atoms with Crippen LogP contribution in [0.15, 0.2) is 0 Å². The Morgan fingerprint density at radius 3 is 1.91 bits per heavy atom. The minimum atomic E-state index is -1.40. The molecule has 0 unspecified atom stereocenters. The highest BCUT2D eigenvalue weighted by Gasteiger charge is 2.43. The highest BCUT2D eigenvalue weighted by molar-refractivity contribution is 4.88. The van der Waals surface area contributed by atoms with Crippen LogP contribution in [-0.4, -0.2) is 51.1 Å². The predicted molar refractivity (Wildman–Crippen MR) is 34.6 cm³/mol. The molecule has 5 nitrogen and oxygen atoms in total. The molecule has 0 aromatic carbocycles. The molecule has 66 valence electrons. The van der Waals surface area contributed by atoms with Gasteiger partial charge in [0.2, 0.25) is 0 Å². The molecular formula is C6H12O5. The van der Waals surface area contributed by atoms with Crippen molar-refractivity contribution >= 4 is 0 Å². The fourth-order valence-corrected chi connectivity index (χ4v) is 1.08. The van der Waals surface area contributed by atoms with Crippen molar-refractivity contribution < 1.29 is 25.2 Å². The zero-order chi connectivity index (χ0) is 8.59. The van der Waals surface area contributed by atoms with Crippen molar-refractivity contribution in [3.05, 3.63) is 0 Å². The molecule has 0 radical (unpaired) electrons. The molecule has 0 amide bonds. The third kappa shape index (κ3) is 1.52. The summed E-state index contributed by atoms with van der Waals surface area (Å²) in [6.45, 7) is 1.42. The van der Waals surface area contributed by atoms with Gasteiger partial charge in [0.1, 0.15) is 18.3 Å². The van der Waals surface area contributed by atoms with Crippen LogP contribution in [0.5, 0.6) is 0 Å². The van der Waals surface area contributed by atoms with E-state index in [4.69, 9.17) is 20.4 Å². The van der Waals surface area contributed by atoms with Gasteiger partial charge in [0.05, 0.1) is 6.10 Å². The van der Waals surface area contributed by atoms with Crippen molar-refractivity contribution in [2.24, 2.45) is 0 Å². The van der Waals surface area contributed by atoms with Crippen LogP contribution in [0.1, 0.15) is 6.92 Å². The Kier molecular flexibility index (Phi) is 2.46. The minimum absolute atomic E-state index is 0.903.